The minimum absolute atomic E-state index is 0.0905. The number of nitrogens with one attached hydrogen (secondary N) is 3. The van der Waals surface area contributed by atoms with Crippen LogP contribution in [-0.4, -0.2) is 40.8 Å². The fourth-order valence-corrected chi connectivity index (χ4v) is 3.77. The second kappa shape index (κ2) is 13.0. The molecular weight excluding hydrogens is 482 g/mol. The van der Waals surface area contributed by atoms with E-state index in [0.717, 1.165) is 27.6 Å². The van der Waals surface area contributed by atoms with Gasteiger partial charge in [-0.05, 0) is 29.0 Å². The van der Waals surface area contributed by atoms with Crippen LogP contribution in [0.2, 0.25) is 0 Å². The molecule has 4 rings (SSSR count). The molecule has 0 aliphatic rings. The Hall–Kier alpha value is -4.66. The number of hydrogen-bond acceptors (Lipinski definition) is 6. The number of alkyl carbamates (subject to hydrolysis) is 1. The van der Waals surface area contributed by atoms with E-state index in [1.54, 1.807) is 12.4 Å². The molecule has 196 valence electrons. The van der Waals surface area contributed by atoms with Gasteiger partial charge >= 0.3 is 6.09 Å². The third-order valence-corrected chi connectivity index (χ3v) is 5.67. The third-order valence-electron chi connectivity index (χ3n) is 5.67. The molecule has 3 N–H and O–H groups in total. The second-order valence-corrected chi connectivity index (χ2v) is 9.18. The molecule has 3 aromatic carbocycles. The molecular formula is C29H31N5O4. The van der Waals surface area contributed by atoms with Gasteiger partial charge in [0.2, 0.25) is 0 Å². The Bertz CT molecular complexity index is 1370. The number of amides is 2. The average molecular weight is 514 g/mol. The molecule has 0 radical (unpaired) electrons. The SMILES string of the molecule is CC(C)COc1ccc(/C=N\NC(=O)[C@@H](Cc2cnc[nH]2)NC(=O)OCc2ccccc2)c2ccccc12. The van der Waals surface area contributed by atoms with Gasteiger partial charge in [-0.2, -0.15) is 5.10 Å². The summed E-state index contributed by atoms with van der Waals surface area (Å²) in [6.07, 6.45) is 4.16. The Morgan fingerprint density at radius 1 is 1.03 bits per heavy atom. The standard InChI is InChI=1S/C29H31N5O4/c1-20(2)17-37-27-13-12-22(24-10-6-7-11-25(24)27)15-32-34-28(35)26(14-23-16-30-19-31-23)33-29(36)38-18-21-8-4-3-5-9-21/h3-13,15-16,19-20,26H,14,17-18H2,1-2H3,(H,30,31)(H,33,36)(H,34,35)/b32-15-/t26-/m1/s1. The summed E-state index contributed by atoms with van der Waals surface area (Å²) in [4.78, 5) is 32.3. The molecule has 0 unspecified atom stereocenters. The van der Waals surface area contributed by atoms with E-state index in [1.165, 1.54) is 6.33 Å². The summed E-state index contributed by atoms with van der Waals surface area (Å²) in [6, 6.07) is 20.0. The summed E-state index contributed by atoms with van der Waals surface area (Å²) in [6.45, 7) is 4.91. The van der Waals surface area contributed by atoms with Crippen molar-refractivity contribution >= 4 is 29.0 Å². The summed E-state index contributed by atoms with van der Waals surface area (Å²) in [5.41, 5.74) is 4.88. The molecule has 1 heterocycles. The number of ether oxygens (including phenoxy) is 2. The van der Waals surface area contributed by atoms with Crippen LogP contribution in [0.3, 0.4) is 0 Å². The number of hydrogen-bond donors (Lipinski definition) is 3. The number of H-pyrrole nitrogens is 1. The zero-order valence-electron chi connectivity index (χ0n) is 21.4. The Labute approximate surface area is 221 Å². The van der Waals surface area contributed by atoms with Gasteiger partial charge in [0.05, 0.1) is 19.1 Å². The van der Waals surface area contributed by atoms with E-state index in [2.05, 4.69) is 39.7 Å². The molecule has 0 fully saturated rings. The molecule has 1 atom stereocenters. The van der Waals surface area contributed by atoms with Crippen molar-refractivity contribution in [3.05, 3.63) is 96.1 Å². The molecule has 0 aliphatic heterocycles. The summed E-state index contributed by atoms with van der Waals surface area (Å²) in [7, 11) is 0. The first-order valence-electron chi connectivity index (χ1n) is 12.4. The Balaban J connectivity index is 1.43. The van der Waals surface area contributed by atoms with E-state index >= 15 is 0 Å². The van der Waals surface area contributed by atoms with E-state index in [-0.39, 0.29) is 13.0 Å². The van der Waals surface area contributed by atoms with E-state index in [1.807, 2.05) is 66.7 Å². The number of rotatable bonds is 11. The lowest BCUT2D eigenvalue weighted by Gasteiger charge is -2.16. The number of benzene rings is 3. The van der Waals surface area contributed by atoms with Crippen LogP contribution in [0, 0.1) is 5.92 Å². The number of fused-ring (bicyclic) bond motifs is 1. The monoisotopic (exact) mass is 513 g/mol. The Morgan fingerprint density at radius 3 is 2.53 bits per heavy atom. The maximum Gasteiger partial charge on any atom is 0.408 e. The van der Waals surface area contributed by atoms with Crippen LogP contribution in [0.5, 0.6) is 5.75 Å². The number of carbonyl (C=O) groups excluding carboxylic acids is 2. The van der Waals surface area contributed by atoms with Gasteiger partial charge in [-0.1, -0.05) is 68.4 Å². The fourth-order valence-electron chi connectivity index (χ4n) is 3.77. The van der Waals surface area contributed by atoms with Crippen LogP contribution >= 0.6 is 0 Å². The van der Waals surface area contributed by atoms with E-state index < -0.39 is 18.0 Å². The van der Waals surface area contributed by atoms with Gasteiger partial charge in [-0.15, -0.1) is 0 Å². The van der Waals surface area contributed by atoms with Crippen molar-refractivity contribution in [2.45, 2.75) is 32.9 Å². The highest BCUT2D eigenvalue weighted by Gasteiger charge is 2.22. The van der Waals surface area contributed by atoms with Crippen molar-refractivity contribution in [1.82, 2.24) is 20.7 Å². The first-order chi connectivity index (χ1) is 18.5. The van der Waals surface area contributed by atoms with Crippen LogP contribution in [-0.2, 0) is 22.6 Å². The van der Waals surface area contributed by atoms with Gasteiger partial charge in [-0.25, -0.2) is 15.2 Å². The average Bonchev–Trinajstić information content (AvgIpc) is 3.44. The highest BCUT2D eigenvalue weighted by molar-refractivity contribution is 6.02. The molecule has 0 bridgehead atoms. The second-order valence-electron chi connectivity index (χ2n) is 9.18. The number of hydrazone groups is 1. The number of aromatic nitrogens is 2. The van der Waals surface area contributed by atoms with E-state index in [9.17, 15) is 9.59 Å². The van der Waals surface area contributed by atoms with E-state index in [0.29, 0.717) is 18.2 Å². The molecule has 0 saturated heterocycles. The molecule has 2 amide bonds. The Kier molecular flexibility index (Phi) is 9.07. The molecule has 9 nitrogen and oxygen atoms in total. The largest absolute Gasteiger partial charge is 0.493 e. The van der Waals surface area contributed by atoms with Crippen LogP contribution in [0.1, 0.15) is 30.7 Å². The Morgan fingerprint density at radius 2 is 1.79 bits per heavy atom. The van der Waals surface area contributed by atoms with Crippen LogP contribution in [0.25, 0.3) is 10.8 Å². The predicted octanol–water partition coefficient (Wildman–Crippen LogP) is 4.59. The highest BCUT2D eigenvalue weighted by atomic mass is 16.5. The van der Waals surface area contributed by atoms with Crippen molar-refractivity contribution in [3.8, 4) is 5.75 Å². The molecule has 1 aromatic heterocycles. The lowest BCUT2D eigenvalue weighted by molar-refractivity contribution is -0.123. The van der Waals surface area contributed by atoms with Gasteiger partial charge in [0.1, 0.15) is 18.4 Å². The topological polar surface area (TPSA) is 118 Å². The lowest BCUT2D eigenvalue weighted by atomic mass is 10.0. The smallest absolute Gasteiger partial charge is 0.408 e. The maximum atomic E-state index is 13.0. The minimum atomic E-state index is -0.931. The van der Waals surface area contributed by atoms with Gasteiger partial charge < -0.3 is 19.8 Å². The van der Waals surface area contributed by atoms with Gasteiger partial charge in [0.25, 0.3) is 5.91 Å². The number of carbonyl (C=O) groups is 2. The third kappa shape index (κ3) is 7.42. The first-order valence-corrected chi connectivity index (χ1v) is 12.4. The first kappa shape index (κ1) is 26.4. The maximum absolute atomic E-state index is 13.0. The van der Waals surface area contributed by atoms with Gasteiger partial charge in [-0.3, -0.25) is 4.79 Å². The molecule has 0 saturated carbocycles. The predicted molar refractivity (Wildman–Crippen MR) is 146 cm³/mol. The summed E-state index contributed by atoms with van der Waals surface area (Å²) in [5.74, 6) is 0.714. The van der Waals surface area contributed by atoms with Crippen molar-refractivity contribution in [2.24, 2.45) is 11.0 Å². The molecule has 9 heteroatoms. The minimum Gasteiger partial charge on any atom is -0.493 e. The molecule has 0 spiro atoms. The number of imidazole rings is 1. The van der Waals surface area contributed by atoms with E-state index in [4.69, 9.17) is 9.47 Å². The number of aromatic amines is 1. The van der Waals surface area contributed by atoms with Gasteiger partial charge in [0, 0.05) is 29.3 Å². The van der Waals surface area contributed by atoms with Crippen molar-refractivity contribution < 1.29 is 19.1 Å². The molecule has 0 aliphatic carbocycles. The van der Waals surface area contributed by atoms with Crippen molar-refractivity contribution in [3.63, 3.8) is 0 Å². The summed E-state index contributed by atoms with van der Waals surface area (Å²) >= 11 is 0. The van der Waals surface area contributed by atoms with Crippen molar-refractivity contribution in [2.75, 3.05) is 6.61 Å². The quantitative estimate of drug-likeness (QED) is 0.200. The molecule has 4 aromatic rings. The number of nitrogens with zero attached hydrogens (tertiary/aromatic N) is 2. The van der Waals surface area contributed by atoms with Crippen LogP contribution in [0.4, 0.5) is 4.79 Å². The van der Waals surface area contributed by atoms with Crippen LogP contribution in [0.15, 0.2) is 84.4 Å². The van der Waals surface area contributed by atoms with Gasteiger partial charge in [0.15, 0.2) is 0 Å². The molecule has 38 heavy (non-hydrogen) atoms. The summed E-state index contributed by atoms with van der Waals surface area (Å²) < 4.78 is 11.3. The normalized spacial score (nSPS) is 12.0. The highest BCUT2D eigenvalue weighted by Crippen LogP contribution is 2.28. The fraction of sp³-hybridized carbons (Fsp3) is 0.241. The van der Waals surface area contributed by atoms with Crippen LogP contribution < -0.4 is 15.5 Å². The van der Waals surface area contributed by atoms with Crippen molar-refractivity contribution in [1.29, 1.82) is 0 Å². The zero-order valence-corrected chi connectivity index (χ0v) is 21.4. The lowest BCUT2D eigenvalue weighted by Crippen LogP contribution is -2.47. The zero-order chi connectivity index (χ0) is 26.7. The summed E-state index contributed by atoms with van der Waals surface area (Å²) in [5, 5.41) is 8.70.